The average Bonchev–Trinajstić information content (AvgIpc) is 2.97. The first-order chi connectivity index (χ1) is 20.0. The van der Waals surface area contributed by atoms with Gasteiger partial charge in [0.2, 0.25) is 11.8 Å². The fraction of sp³-hybridized carbons (Fsp3) is 0.355. The number of nitrogens with zero attached hydrogens (tertiary/aromatic N) is 2. The van der Waals surface area contributed by atoms with Gasteiger partial charge in [-0.15, -0.1) is 0 Å². The highest BCUT2D eigenvalue weighted by molar-refractivity contribution is 7.92. The van der Waals surface area contributed by atoms with E-state index in [-0.39, 0.29) is 29.1 Å². The SMILES string of the molecule is CCOc1ccc(N(CC(=O)N(Cc2ccc(Cl)cc2)[C@H](CC)C(=O)N[C@H](C)CC)S(=O)(=O)c2ccc(Cl)cc2)cc1. The summed E-state index contributed by atoms with van der Waals surface area (Å²) < 4.78 is 34.5. The molecule has 0 aliphatic rings. The molecule has 42 heavy (non-hydrogen) atoms. The molecule has 1 N–H and O–H groups in total. The predicted molar refractivity (Wildman–Crippen MR) is 168 cm³/mol. The molecule has 3 aromatic rings. The highest BCUT2D eigenvalue weighted by Crippen LogP contribution is 2.27. The number of carbonyl (C=O) groups excluding carboxylic acids is 2. The normalized spacial score (nSPS) is 12.7. The lowest BCUT2D eigenvalue weighted by Gasteiger charge is -2.33. The third-order valence-corrected chi connectivity index (χ3v) is 9.06. The van der Waals surface area contributed by atoms with Crippen LogP contribution in [0.2, 0.25) is 10.0 Å². The van der Waals surface area contributed by atoms with E-state index < -0.39 is 28.5 Å². The standard InChI is InChI=1S/C31H37Cl2N3O5S/c1-5-22(4)34-31(38)29(6-2)35(20-23-8-10-24(32)11-9-23)30(37)21-36(26-14-16-27(17-15-26)41-7-3)42(39,40)28-18-12-25(33)13-19-28/h8-19,22,29H,5-7,20-21H2,1-4H3,(H,34,38)/t22-,29-/m1/s1. The van der Waals surface area contributed by atoms with Crippen LogP contribution >= 0.6 is 23.2 Å². The molecule has 2 atom stereocenters. The van der Waals surface area contributed by atoms with Crippen LogP contribution in [0.4, 0.5) is 5.69 Å². The molecule has 0 heterocycles. The summed E-state index contributed by atoms with van der Waals surface area (Å²) >= 11 is 12.1. The Morgan fingerprint density at radius 2 is 1.43 bits per heavy atom. The smallest absolute Gasteiger partial charge is 0.264 e. The van der Waals surface area contributed by atoms with Gasteiger partial charge < -0.3 is 15.0 Å². The number of carbonyl (C=O) groups is 2. The maximum Gasteiger partial charge on any atom is 0.264 e. The van der Waals surface area contributed by atoms with Gasteiger partial charge in [-0.1, -0.05) is 49.2 Å². The van der Waals surface area contributed by atoms with Crippen LogP contribution in [0, 0.1) is 0 Å². The summed E-state index contributed by atoms with van der Waals surface area (Å²) in [6, 6.07) is 18.2. The van der Waals surface area contributed by atoms with E-state index in [1.54, 1.807) is 48.5 Å². The van der Waals surface area contributed by atoms with Crippen molar-refractivity contribution in [1.29, 1.82) is 0 Å². The first-order valence-electron chi connectivity index (χ1n) is 13.9. The lowest BCUT2D eigenvalue weighted by Crippen LogP contribution is -2.53. The number of hydrogen-bond donors (Lipinski definition) is 1. The van der Waals surface area contributed by atoms with Crippen molar-refractivity contribution in [2.45, 2.75) is 64.1 Å². The van der Waals surface area contributed by atoms with E-state index in [1.165, 1.54) is 29.2 Å². The first kappa shape index (κ1) is 33.2. The minimum atomic E-state index is -4.21. The molecule has 0 radical (unpaired) electrons. The number of amides is 2. The Morgan fingerprint density at radius 1 is 0.857 bits per heavy atom. The third kappa shape index (κ3) is 8.63. The van der Waals surface area contributed by atoms with Crippen LogP contribution < -0.4 is 14.4 Å². The third-order valence-electron chi connectivity index (χ3n) is 6.77. The van der Waals surface area contributed by atoms with Crippen molar-refractivity contribution in [3.05, 3.63) is 88.4 Å². The lowest BCUT2D eigenvalue weighted by atomic mass is 10.1. The van der Waals surface area contributed by atoms with E-state index in [4.69, 9.17) is 27.9 Å². The van der Waals surface area contributed by atoms with Crippen LogP contribution in [0.3, 0.4) is 0 Å². The minimum absolute atomic E-state index is 0.0283. The zero-order valence-corrected chi connectivity index (χ0v) is 26.5. The van der Waals surface area contributed by atoms with Crippen LogP contribution in [0.1, 0.15) is 46.1 Å². The summed E-state index contributed by atoms with van der Waals surface area (Å²) in [6.07, 6.45) is 1.05. The Labute approximate surface area is 258 Å². The van der Waals surface area contributed by atoms with E-state index >= 15 is 0 Å². The van der Waals surface area contributed by atoms with Gasteiger partial charge in [0.1, 0.15) is 18.3 Å². The molecule has 226 valence electrons. The van der Waals surface area contributed by atoms with Gasteiger partial charge in [-0.3, -0.25) is 13.9 Å². The summed E-state index contributed by atoms with van der Waals surface area (Å²) in [7, 11) is -4.21. The molecule has 0 fully saturated rings. The van der Waals surface area contributed by atoms with Crippen molar-refractivity contribution >= 4 is 50.7 Å². The molecule has 11 heteroatoms. The first-order valence-corrected chi connectivity index (χ1v) is 16.0. The van der Waals surface area contributed by atoms with Gasteiger partial charge in [0.25, 0.3) is 10.0 Å². The summed E-state index contributed by atoms with van der Waals surface area (Å²) in [5, 5.41) is 3.88. The molecule has 8 nitrogen and oxygen atoms in total. The zero-order valence-electron chi connectivity index (χ0n) is 24.2. The highest BCUT2D eigenvalue weighted by atomic mass is 35.5. The summed E-state index contributed by atoms with van der Waals surface area (Å²) in [5.74, 6) is -0.279. The van der Waals surface area contributed by atoms with Crippen molar-refractivity contribution in [2.24, 2.45) is 0 Å². The molecule has 0 spiro atoms. The van der Waals surface area contributed by atoms with Gasteiger partial charge >= 0.3 is 0 Å². The summed E-state index contributed by atoms with van der Waals surface area (Å²) in [6.45, 7) is 7.50. The molecule has 0 aliphatic heterocycles. The van der Waals surface area contributed by atoms with Crippen molar-refractivity contribution in [3.63, 3.8) is 0 Å². The number of nitrogens with one attached hydrogen (secondary N) is 1. The number of halogens is 2. The average molecular weight is 635 g/mol. The van der Waals surface area contributed by atoms with Gasteiger partial charge in [0.15, 0.2) is 0 Å². The molecule has 0 saturated carbocycles. The molecule has 0 unspecified atom stereocenters. The molecular formula is C31H37Cl2N3O5S. The Kier molecular flexibility index (Phi) is 12.1. The van der Waals surface area contributed by atoms with E-state index in [0.717, 1.165) is 16.3 Å². The monoisotopic (exact) mass is 633 g/mol. The predicted octanol–water partition coefficient (Wildman–Crippen LogP) is 6.31. The number of sulfonamides is 1. The number of hydrogen-bond acceptors (Lipinski definition) is 5. The van der Waals surface area contributed by atoms with Crippen molar-refractivity contribution < 1.29 is 22.7 Å². The van der Waals surface area contributed by atoms with E-state index in [0.29, 0.717) is 28.8 Å². The van der Waals surface area contributed by atoms with Crippen LogP contribution in [0.15, 0.2) is 77.7 Å². The lowest BCUT2D eigenvalue weighted by molar-refractivity contribution is -0.140. The Hall–Kier alpha value is -3.27. The molecule has 0 aliphatic carbocycles. The Bertz CT molecular complexity index is 1430. The molecule has 0 bridgehead atoms. The van der Waals surface area contributed by atoms with Crippen LogP contribution in [0.5, 0.6) is 5.75 Å². The van der Waals surface area contributed by atoms with Gasteiger partial charge in [0.05, 0.1) is 17.2 Å². The van der Waals surface area contributed by atoms with Crippen LogP contribution in [-0.2, 0) is 26.2 Å². The Morgan fingerprint density at radius 3 is 1.95 bits per heavy atom. The fourth-order valence-electron chi connectivity index (χ4n) is 4.28. The quantitative estimate of drug-likeness (QED) is 0.224. The van der Waals surface area contributed by atoms with Crippen molar-refractivity contribution in [2.75, 3.05) is 17.5 Å². The van der Waals surface area contributed by atoms with Gasteiger partial charge in [-0.25, -0.2) is 8.42 Å². The number of rotatable bonds is 14. The summed E-state index contributed by atoms with van der Waals surface area (Å²) in [4.78, 5) is 28.9. The second-order valence-electron chi connectivity index (χ2n) is 9.78. The second kappa shape index (κ2) is 15.3. The van der Waals surface area contributed by atoms with Crippen LogP contribution in [-0.4, -0.2) is 50.4 Å². The second-order valence-corrected chi connectivity index (χ2v) is 12.5. The molecule has 3 aromatic carbocycles. The molecular weight excluding hydrogens is 597 g/mol. The zero-order chi connectivity index (χ0) is 30.9. The maximum atomic E-state index is 14.1. The molecule has 2 amide bonds. The van der Waals surface area contributed by atoms with Crippen LogP contribution in [0.25, 0.3) is 0 Å². The highest BCUT2D eigenvalue weighted by Gasteiger charge is 2.34. The molecule has 0 aromatic heterocycles. The van der Waals surface area contributed by atoms with Gasteiger partial charge in [0, 0.05) is 22.6 Å². The van der Waals surface area contributed by atoms with Crippen molar-refractivity contribution in [3.8, 4) is 5.75 Å². The number of benzene rings is 3. The number of anilines is 1. The van der Waals surface area contributed by atoms with Gasteiger partial charge in [-0.2, -0.15) is 0 Å². The van der Waals surface area contributed by atoms with Gasteiger partial charge in [-0.05, 0) is 92.9 Å². The van der Waals surface area contributed by atoms with E-state index in [1.807, 2.05) is 27.7 Å². The van der Waals surface area contributed by atoms with E-state index in [2.05, 4.69) is 5.32 Å². The molecule has 0 saturated heterocycles. The number of ether oxygens (including phenoxy) is 1. The summed E-state index contributed by atoms with van der Waals surface area (Å²) in [5.41, 5.74) is 1.01. The fourth-order valence-corrected chi connectivity index (χ4v) is 5.95. The largest absolute Gasteiger partial charge is 0.494 e. The maximum absolute atomic E-state index is 14.1. The van der Waals surface area contributed by atoms with Crippen molar-refractivity contribution in [1.82, 2.24) is 10.2 Å². The van der Waals surface area contributed by atoms with E-state index in [9.17, 15) is 18.0 Å². The minimum Gasteiger partial charge on any atom is -0.494 e. The molecule has 3 rings (SSSR count). The topological polar surface area (TPSA) is 96.0 Å². The Balaban J connectivity index is 2.05.